The molecule has 0 N–H and O–H groups in total. The molecule has 1 nitrogen and oxygen atoms in total. The molecule has 1 atom stereocenters. The topological polar surface area (TPSA) is 9.23 Å². The minimum atomic E-state index is -0.459. The van der Waals surface area contributed by atoms with E-state index in [0.29, 0.717) is 24.3 Å². The van der Waals surface area contributed by atoms with Crippen molar-refractivity contribution in [2.45, 2.75) is 11.8 Å². The van der Waals surface area contributed by atoms with Crippen molar-refractivity contribution in [3.63, 3.8) is 0 Å². The van der Waals surface area contributed by atoms with Crippen LogP contribution in [0, 0.1) is 5.82 Å². The Morgan fingerprint density at radius 1 is 1.46 bits per heavy atom. The molecule has 0 spiro atoms. The Morgan fingerprint density at radius 2 is 2.23 bits per heavy atom. The van der Waals surface area contributed by atoms with Crippen molar-refractivity contribution in [2.24, 2.45) is 0 Å². The summed E-state index contributed by atoms with van der Waals surface area (Å²) in [5, 5.41) is -0.239. The summed E-state index contributed by atoms with van der Waals surface area (Å²) in [5.41, 5.74) is 0.389. The summed E-state index contributed by atoms with van der Waals surface area (Å²) < 4.78 is 18.7. The monoisotopic (exact) mass is 220 g/mol. The summed E-state index contributed by atoms with van der Waals surface area (Å²) in [5.74, 6) is 0.0482. The van der Waals surface area contributed by atoms with E-state index in [1.165, 1.54) is 6.07 Å². The van der Waals surface area contributed by atoms with E-state index in [4.69, 9.17) is 27.9 Å². The Hall–Kier alpha value is -0.470. The molecule has 0 saturated heterocycles. The first kappa shape index (κ1) is 9.10. The first-order valence-electron chi connectivity index (χ1n) is 3.95. The van der Waals surface area contributed by atoms with Gasteiger partial charge < -0.3 is 4.74 Å². The number of benzene rings is 1. The third kappa shape index (κ3) is 1.49. The lowest BCUT2D eigenvalue weighted by Crippen LogP contribution is -2.12. The van der Waals surface area contributed by atoms with E-state index in [9.17, 15) is 4.39 Å². The van der Waals surface area contributed by atoms with Gasteiger partial charge in [0.15, 0.2) is 0 Å². The molecule has 1 aliphatic heterocycles. The molecule has 0 aromatic heterocycles. The van der Waals surface area contributed by atoms with E-state index in [-0.39, 0.29) is 10.4 Å². The fourth-order valence-corrected chi connectivity index (χ4v) is 1.84. The van der Waals surface area contributed by atoms with Crippen LogP contribution in [0.1, 0.15) is 17.4 Å². The SMILES string of the molecule is Fc1c(Cl)ccc2c1C(Cl)CCO2. The van der Waals surface area contributed by atoms with Crippen LogP contribution in [0.25, 0.3) is 0 Å². The maximum atomic E-state index is 13.4. The van der Waals surface area contributed by atoms with Crippen LogP contribution in [-0.4, -0.2) is 6.61 Å². The lowest BCUT2D eigenvalue weighted by atomic mass is 10.1. The minimum Gasteiger partial charge on any atom is -0.493 e. The molecule has 0 amide bonds. The Balaban J connectivity index is 2.58. The van der Waals surface area contributed by atoms with Crippen molar-refractivity contribution < 1.29 is 9.13 Å². The third-order valence-corrected chi connectivity index (χ3v) is 2.76. The molecule has 0 radical (unpaired) electrons. The summed E-state index contributed by atoms with van der Waals surface area (Å²) in [7, 11) is 0. The molecule has 2 rings (SSSR count). The number of fused-ring (bicyclic) bond motifs is 1. The van der Waals surface area contributed by atoms with E-state index in [2.05, 4.69) is 0 Å². The third-order valence-electron chi connectivity index (χ3n) is 2.03. The highest BCUT2D eigenvalue weighted by molar-refractivity contribution is 6.31. The molecular formula is C9H7Cl2FO. The van der Waals surface area contributed by atoms with Crippen molar-refractivity contribution in [3.05, 3.63) is 28.5 Å². The lowest BCUT2D eigenvalue weighted by Gasteiger charge is -2.22. The Morgan fingerprint density at radius 3 is 3.00 bits per heavy atom. The zero-order chi connectivity index (χ0) is 9.42. The second-order valence-electron chi connectivity index (χ2n) is 2.88. The van der Waals surface area contributed by atoms with Crippen molar-refractivity contribution >= 4 is 23.2 Å². The number of hydrogen-bond donors (Lipinski definition) is 0. The summed E-state index contributed by atoms with van der Waals surface area (Å²) in [6, 6.07) is 3.12. The molecule has 1 unspecified atom stereocenters. The molecule has 70 valence electrons. The van der Waals surface area contributed by atoms with Crippen molar-refractivity contribution in [3.8, 4) is 5.75 Å². The van der Waals surface area contributed by atoms with E-state index < -0.39 is 5.82 Å². The van der Waals surface area contributed by atoms with E-state index >= 15 is 0 Å². The number of halogens is 3. The molecular weight excluding hydrogens is 214 g/mol. The maximum absolute atomic E-state index is 13.4. The molecule has 0 bridgehead atoms. The van der Waals surface area contributed by atoms with Gasteiger partial charge in [-0.1, -0.05) is 11.6 Å². The van der Waals surface area contributed by atoms with Crippen molar-refractivity contribution in [1.29, 1.82) is 0 Å². The second kappa shape index (κ2) is 3.35. The Bertz CT molecular complexity index is 341. The van der Waals surface area contributed by atoms with Crippen LogP contribution < -0.4 is 4.74 Å². The van der Waals surface area contributed by atoms with Gasteiger partial charge in [0.05, 0.1) is 17.0 Å². The van der Waals surface area contributed by atoms with Gasteiger partial charge in [-0.3, -0.25) is 0 Å². The fourth-order valence-electron chi connectivity index (χ4n) is 1.38. The first-order valence-corrected chi connectivity index (χ1v) is 4.76. The fraction of sp³-hybridized carbons (Fsp3) is 0.333. The van der Waals surface area contributed by atoms with Gasteiger partial charge in [-0.05, 0) is 12.1 Å². The molecule has 1 aromatic carbocycles. The van der Waals surface area contributed by atoms with Gasteiger partial charge in [0.2, 0.25) is 0 Å². The zero-order valence-electron chi connectivity index (χ0n) is 6.69. The number of rotatable bonds is 0. The minimum absolute atomic E-state index is 0.0925. The van der Waals surface area contributed by atoms with Crippen LogP contribution >= 0.6 is 23.2 Å². The molecule has 4 heteroatoms. The first-order chi connectivity index (χ1) is 6.20. The Labute approximate surface area is 85.4 Å². The lowest BCUT2D eigenvalue weighted by molar-refractivity contribution is 0.280. The van der Waals surface area contributed by atoms with E-state index in [1.54, 1.807) is 6.07 Å². The quantitative estimate of drug-likeness (QED) is 0.608. The highest BCUT2D eigenvalue weighted by Crippen LogP contribution is 2.40. The van der Waals surface area contributed by atoms with E-state index in [1.807, 2.05) is 0 Å². The predicted molar refractivity (Wildman–Crippen MR) is 50.1 cm³/mol. The average Bonchev–Trinajstić information content (AvgIpc) is 2.12. The van der Waals surface area contributed by atoms with Crippen LogP contribution in [0.3, 0.4) is 0 Å². The smallest absolute Gasteiger partial charge is 0.150 e. The molecule has 0 fully saturated rings. The molecule has 1 aliphatic rings. The van der Waals surface area contributed by atoms with Gasteiger partial charge in [0.1, 0.15) is 11.6 Å². The molecule has 0 saturated carbocycles. The molecule has 1 aromatic rings. The van der Waals surface area contributed by atoms with Crippen molar-refractivity contribution in [1.82, 2.24) is 0 Å². The van der Waals surface area contributed by atoms with E-state index in [0.717, 1.165) is 0 Å². The Kier molecular flexibility index (Phi) is 2.35. The standard InChI is InChI=1S/C9H7Cl2FO/c10-5-3-4-13-7-2-1-6(11)9(12)8(5)7/h1-2,5H,3-4H2. The van der Waals surface area contributed by atoms with Crippen LogP contribution in [0.15, 0.2) is 12.1 Å². The summed E-state index contributed by atoms with van der Waals surface area (Å²) in [6.07, 6.45) is 0.617. The normalized spacial score (nSPS) is 20.7. The highest BCUT2D eigenvalue weighted by Gasteiger charge is 2.24. The molecule has 1 heterocycles. The van der Waals surface area contributed by atoms with Gasteiger partial charge in [-0.25, -0.2) is 4.39 Å². The van der Waals surface area contributed by atoms with Crippen molar-refractivity contribution in [2.75, 3.05) is 6.61 Å². The number of ether oxygens (including phenoxy) is 1. The van der Waals surface area contributed by atoms with Gasteiger partial charge in [0, 0.05) is 12.0 Å². The zero-order valence-corrected chi connectivity index (χ0v) is 8.20. The average molecular weight is 221 g/mol. The van der Waals surface area contributed by atoms with Crippen LogP contribution in [0.5, 0.6) is 5.75 Å². The van der Waals surface area contributed by atoms with Crippen LogP contribution in [0.2, 0.25) is 5.02 Å². The molecule has 0 aliphatic carbocycles. The van der Waals surface area contributed by atoms with Gasteiger partial charge in [-0.2, -0.15) is 0 Å². The number of hydrogen-bond acceptors (Lipinski definition) is 1. The highest BCUT2D eigenvalue weighted by atomic mass is 35.5. The number of alkyl halides is 1. The van der Waals surface area contributed by atoms with Gasteiger partial charge in [0.25, 0.3) is 0 Å². The summed E-state index contributed by atoms with van der Waals surface area (Å²) in [6.45, 7) is 0.530. The van der Waals surface area contributed by atoms with Gasteiger partial charge in [-0.15, -0.1) is 11.6 Å². The van der Waals surface area contributed by atoms with Crippen LogP contribution in [-0.2, 0) is 0 Å². The summed E-state index contributed by atoms with van der Waals surface area (Å²) in [4.78, 5) is 0. The van der Waals surface area contributed by atoms with Gasteiger partial charge >= 0.3 is 0 Å². The predicted octanol–water partition coefficient (Wildman–Crippen LogP) is 3.54. The second-order valence-corrected chi connectivity index (χ2v) is 3.81. The molecule has 13 heavy (non-hydrogen) atoms. The van der Waals surface area contributed by atoms with Crippen LogP contribution in [0.4, 0.5) is 4.39 Å². The largest absolute Gasteiger partial charge is 0.493 e. The maximum Gasteiger partial charge on any atom is 0.150 e. The summed E-state index contributed by atoms with van der Waals surface area (Å²) >= 11 is 11.6.